The van der Waals surface area contributed by atoms with Crippen LogP contribution in [0.5, 0.6) is 0 Å². The number of fused-ring (bicyclic) bond motifs is 3. The van der Waals surface area contributed by atoms with Crippen molar-refractivity contribution in [3.63, 3.8) is 0 Å². The van der Waals surface area contributed by atoms with E-state index in [2.05, 4.69) is 290 Å². The Morgan fingerprint density at radius 1 is 0.176 bits per heavy atom. The minimum Gasteiger partial charge on any atom is -0.456 e. The second kappa shape index (κ2) is 19.4. The lowest BCUT2D eigenvalue weighted by atomic mass is 9.97. The minimum atomic E-state index is 0.862. The molecule has 1 aromatic heterocycles. The quantitative estimate of drug-likeness (QED) is 0.128. The van der Waals surface area contributed by atoms with E-state index >= 15 is 0 Å². The summed E-state index contributed by atoms with van der Waals surface area (Å²) >= 11 is 0. The van der Waals surface area contributed by atoms with Crippen LogP contribution in [-0.4, -0.2) is 0 Å². The van der Waals surface area contributed by atoms with Crippen LogP contribution in [0.2, 0.25) is 0 Å². The van der Waals surface area contributed by atoms with E-state index in [1.165, 1.54) is 77.9 Å². The predicted molar refractivity (Wildman–Crippen MR) is 312 cm³/mol. The van der Waals surface area contributed by atoms with E-state index in [0.29, 0.717) is 0 Å². The number of anilines is 3. The molecule has 2 nitrogen and oxygen atoms in total. The third-order valence-electron chi connectivity index (χ3n) is 14.4. The van der Waals surface area contributed by atoms with Crippen LogP contribution in [0.1, 0.15) is 0 Å². The molecule has 0 amide bonds. The molecule has 0 aliphatic heterocycles. The molecule has 348 valence electrons. The Morgan fingerprint density at radius 3 is 0.716 bits per heavy atom. The van der Waals surface area contributed by atoms with Gasteiger partial charge in [0.05, 0.1) is 0 Å². The van der Waals surface area contributed by atoms with E-state index in [0.717, 1.165) is 50.1 Å². The van der Waals surface area contributed by atoms with Crippen molar-refractivity contribution >= 4 is 39.0 Å². The molecule has 0 bridgehead atoms. The molecule has 0 saturated heterocycles. The molecule has 0 radical (unpaired) electrons. The molecule has 13 aromatic rings. The zero-order valence-corrected chi connectivity index (χ0v) is 40.6. The van der Waals surface area contributed by atoms with E-state index in [4.69, 9.17) is 4.42 Å². The molecule has 0 spiro atoms. The first-order valence-electron chi connectivity index (χ1n) is 25.3. The third-order valence-corrected chi connectivity index (χ3v) is 14.4. The van der Waals surface area contributed by atoms with Gasteiger partial charge in [0.1, 0.15) is 11.2 Å². The average molecular weight is 944 g/mol. The number of hydrogen-bond acceptors (Lipinski definition) is 2. The highest BCUT2D eigenvalue weighted by atomic mass is 16.3. The van der Waals surface area contributed by atoms with E-state index in [1.54, 1.807) is 0 Å². The summed E-state index contributed by atoms with van der Waals surface area (Å²) in [4.78, 5) is 2.31. The lowest BCUT2D eigenvalue weighted by Gasteiger charge is -2.26. The molecular weight excluding hydrogens is 895 g/mol. The van der Waals surface area contributed by atoms with Gasteiger partial charge in [-0.3, -0.25) is 0 Å². The van der Waals surface area contributed by atoms with Gasteiger partial charge in [0.15, 0.2) is 0 Å². The van der Waals surface area contributed by atoms with Crippen LogP contribution in [0.3, 0.4) is 0 Å². The highest BCUT2D eigenvalue weighted by Crippen LogP contribution is 2.41. The molecule has 1 heterocycles. The summed E-state index contributed by atoms with van der Waals surface area (Å²) in [5, 5.41) is 2.23. The van der Waals surface area contributed by atoms with Crippen LogP contribution in [-0.2, 0) is 0 Å². The molecule has 74 heavy (non-hydrogen) atoms. The summed E-state index contributed by atoms with van der Waals surface area (Å²) < 4.78 is 6.41. The Balaban J connectivity index is 0.734. The molecule has 0 unspecified atom stereocenters. The Hall–Kier alpha value is -9.76. The highest BCUT2D eigenvalue weighted by molar-refractivity contribution is 6.06. The van der Waals surface area contributed by atoms with Gasteiger partial charge in [-0.25, -0.2) is 0 Å². The van der Waals surface area contributed by atoms with E-state index in [-0.39, 0.29) is 0 Å². The number of hydrogen-bond donors (Lipinski definition) is 0. The van der Waals surface area contributed by atoms with Gasteiger partial charge in [-0.05, 0) is 131 Å². The first-order chi connectivity index (χ1) is 36.6. The summed E-state index contributed by atoms with van der Waals surface area (Å²) in [6.45, 7) is 0. The van der Waals surface area contributed by atoms with Crippen molar-refractivity contribution < 1.29 is 4.42 Å². The fourth-order valence-electron chi connectivity index (χ4n) is 10.3. The van der Waals surface area contributed by atoms with Gasteiger partial charge in [0, 0.05) is 33.9 Å². The van der Waals surface area contributed by atoms with E-state index in [9.17, 15) is 0 Å². The lowest BCUT2D eigenvalue weighted by molar-refractivity contribution is 0.669. The molecular formula is C72H49NO. The molecule has 0 atom stereocenters. The van der Waals surface area contributed by atoms with Crippen molar-refractivity contribution in [2.24, 2.45) is 0 Å². The molecule has 0 saturated carbocycles. The molecule has 0 aliphatic rings. The summed E-state index contributed by atoms with van der Waals surface area (Å²) in [7, 11) is 0. The third kappa shape index (κ3) is 8.87. The number of para-hydroxylation sites is 1. The fourth-order valence-corrected chi connectivity index (χ4v) is 10.3. The van der Waals surface area contributed by atoms with Gasteiger partial charge < -0.3 is 9.32 Å². The minimum absolute atomic E-state index is 0.862. The van der Waals surface area contributed by atoms with E-state index in [1.807, 2.05) is 12.1 Å². The van der Waals surface area contributed by atoms with Crippen LogP contribution in [0, 0.1) is 0 Å². The topological polar surface area (TPSA) is 16.4 Å². The fraction of sp³-hybridized carbons (Fsp3) is 0. The molecule has 13 rings (SSSR count). The van der Waals surface area contributed by atoms with Crippen LogP contribution < -0.4 is 4.90 Å². The molecule has 0 N–H and O–H groups in total. The van der Waals surface area contributed by atoms with Crippen LogP contribution in [0.4, 0.5) is 17.1 Å². The Labute approximate surface area is 432 Å². The van der Waals surface area contributed by atoms with Crippen molar-refractivity contribution in [3.8, 4) is 89.0 Å². The number of furan rings is 1. The summed E-state index contributed by atoms with van der Waals surface area (Å²) in [6.07, 6.45) is 0. The highest BCUT2D eigenvalue weighted by Gasteiger charge is 2.17. The molecule has 2 heteroatoms. The van der Waals surface area contributed by atoms with Crippen LogP contribution >= 0.6 is 0 Å². The maximum atomic E-state index is 6.41. The summed E-state index contributed by atoms with van der Waals surface area (Å²) in [5.41, 5.74) is 24.1. The predicted octanol–water partition coefficient (Wildman–Crippen LogP) is 20.4. The van der Waals surface area contributed by atoms with Gasteiger partial charge in [0.2, 0.25) is 0 Å². The standard InChI is InChI=1S/C72H49NO/c1-3-9-50(10-4-1)52-15-19-54(20-16-52)56-23-27-58(28-24-56)60-31-35-62(36-32-60)64-39-43-66(44-40-64)73(68-47-48-70-69-13-7-8-14-71(69)74-72(70)49-68)67-45-41-65(42-46-67)63-37-33-61(34-38-63)59-29-25-57(26-30-59)55-21-17-53(18-22-55)51-11-5-2-6-12-51/h1-49H. The van der Waals surface area contributed by atoms with Crippen molar-refractivity contribution in [3.05, 3.63) is 297 Å². The van der Waals surface area contributed by atoms with Crippen molar-refractivity contribution in [1.29, 1.82) is 0 Å². The molecule has 12 aromatic carbocycles. The molecule has 0 fully saturated rings. The zero-order chi connectivity index (χ0) is 49.2. The maximum absolute atomic E-state index is 6.41. The van der Waals surface area contributed by atoms with Gasteiger partial charge >= 0.3 is 0 Å². The van der Waals surface area contributed by atoms with Crippen LogP contribution in [0.25, 0.3) is 111 Å². The van der Waals surface area contributed by atoms with E-state index < -0.39 is 0 Å². The normalized spacial score (nSPS) is 11.2. The summed E-state index contributed by atoms with van der Waals surface area (Å²) in [5.74, 6) is 0. The summed E-state index contributed by atoms with van der Waals surface area (Å²) in [6, 6.07) is 107. The second-order valence-electron chi connectivity index (χ2n) is 18.9. The number of rotatable bonds is 11. The number of nitrogens with zero attached hydrogens (tertiary/aromatic N) is 1. The van der Waals surface area contributed by atoms with Gasteiger partial charge in [0.25, 0.3) is 0 Å². The maximum Gasteiger partial charge on any atom is 0.137 e. The SMILES string of the molecule is c1ccc(-c2ccc(-c3ccc(-c4ccc(-c5ccc(N(c6ccc(-c7ccc(-c8ccc(-c9ccc(-c%10ccccc%10)cc9)cc8)cc7)cc6)c6ccc7c(c6)oc6ccccc67)cc5)cc4)cc3)cc2)cc1. The van der Waals surface area contributed by atoms with Gasteiger partial charge in [-0.1, -0.05) is 249 Å². The number of benzene rings is 12. The van der Waals surface area contributed by atoms with Crippen molar-refractivity contribution in [2.75, 3.05) is 4.90 Å². The zero-order valence-electron chi connectivity index (χ0n) is 40.6. The smallest absolute Gasteiger partial charge is 0.137 e. The second-order valence-corrected chi connectivity index (χ2v) is 18.9. The lowest BCUT2D eigenvalue weighted by Crippen LogP contribution is -2.09. The monoisotopic (exact) mass is 943 g/mol. The molecule has 0 aliphatic carbocycles. The van der Waals surface area contributed by atoms with Crippen molar-refractivity contribution in [1.82, 2.24) is 0 Å². The average Bonchev–Trinajstić information content (AvgIpc) is 3.87. The first kappa shape index (κ1) is 44.2. The first-order valence-corrected chi connectivity index (χ1v) is 25.3. The van der Waals surface area contributed by atoms with Crippen LogP contribution in [0.15, 0.2) is 302 Å². The van der Waals surface area contributed by atoms with Crippen molar-refractivity contribution in [2.45, 2.75) is 0 Å². The Kier molecular flexibility index (Phi) is 11.6. The van der Waals surface area contributed by atoms with Gasteiger partial charge in [-0.2, -0.15) is 0 Å². The largest absolute Gasteiger partial charge is 0.456 e. The Morgan fingerprint density at radius 2 is 0.405 bits per heavy atom. The van der Waals surface area contributed by atoms with Gasteiger partial charge in [-0.15, -0.1) is 0 Å². The Bertz CT molecular complexity index is 3800.